The molecule has 0 spiro atoms. The van der Waals surface area contributed by atoms with Crippen molar-refractivity contribution in [1.29, 1.82) is 0 Å². The fraction of sp³-hybridized carbons (Fsp3) is 0. The molecule has 20 rings (SSSR count). The van der Waals surface area contributed by atoms with Gasteiger partial charge in [0, 0.05) is 76.1 Å². The normalized spacial score (nSPS) is 12.7. The van der Waals surface area contributed by atoms with E-state index in [-0.39, 0.29) is 65.5 Å². The minimum Gasteiger partial charge on any atom is -0.456 e. The molecule has 7 heteroatoms. The SMILES string of the molecule is Brc1cccc2oc3ccccc3c12.[2H]c1c([2H])c([2H])c(-c2ccc(-c3ccc(N(c4ccc(-c5cccc6c5oc5ccccc56)cc4)c4cccc5oc6ccccc6c45)cc3)cc2)c([2H])c1[2H].[2H]c1c([2H])c([2H])c(-c2ccc(-c3ccc(Nc4ccc(-c5cccc6c5oc5ccccc56)cc4)cc3)cc2)c([2H])c1[2H]. The van der Waals surface area contributed by atoms with E-state index in [9.17, 15) is 0 Å². The molecule has 0 aliphatic heterocycles. The van der Waals surface area contributed by atoms with Gasteiger partial charge >= 0.3 is 0 Å². The predicted octanol–water partition coefficient (Wildman–Crippen LogP) is 28.6. The van der Waals surface area contributed by atoms with Gasteiger partial charge in [0.2, 0.25) is 0 Å². The van der Waals surface area contributed by atoms with Crippen molar-refractivity contribution in [3.63, 3.8) is 0 Å². The van der Waals surface area contributed by atoms with Crippen LogP contribution in [0, 0.1) is 0 Å². The summed E-state index contributed by atoms with van der Waals surface area (Å²) in [5.41, 5.74) is 21.5. The van der Waals surface area contributed by atoms with E-state index in [1.165, 1.54) is 0 Å². The van der Waals surface area contributed by atoms with Crippen molar-refractivity contribution < 1.29 is 31.4 Å². The average molecular weight is 1400 g/mol. The fourth-order valence-electron chi connectivity index (χ4n) is 13.7. The van der Waals surface area contributed by atoms with Crippen molar-refractivity contribution in [2.75, 3.05) is 10.2 Å². The van der Waals surface area contributed by atoms with Crippen molar-refractivity contribution in [3.8, 4) is 66.8 Å². The van der Waals surface area contributed by atoms with E-state index in [1.807, 2.05) is 164 Å². The highest BCUT2D eigenvalue weighted by Gasteiger charge is 2.21. The van der Waals surface area contributed by atoms with E-state index in [0.717, 1.165) is 165 Å². The maximum atomic E-state index is 8.40. The summed E-state index contributed by atoms with van der Waals surface area (Å²) >= 11 is 3.54. The maximum Gasteiger partial charge on any atom is 0.143 e. The Balaban J connectivity index is 0.000000137. The first-order valence-electron chi connectivity index (χ1n) is 38.7. The summed E-state index contributed by atoms with van der Waals surface area (Å²) in [5.74, 6) is 0. The number of furan rings is 4. The third kappa shape index (κ3) is 12.1. The second-order valence-electron chi connectivity index (χ2n) is 24.9. The van der Waals surface area contributed by atoms with E-state index in [2.05, 4.69) is 166 Å². The molecule has 0 aliphatic rings. The number of hydrogen-bond acceptors (Lipinski definition) is 6. The third-order valence-corrected chi connectivity index (χ3v) is 19.4. The molecule has 0 saturated heterocycles. The Kier molecular flexibility index (Phi) is 13.7. The number of hydrogen-bond donors (Lipinski definition) is 1. The van der Waals surface area contributed by atoms with Gasteiger partial charge in [0.05, 0.1) is 24.8 Å². The Morgan fingerprint density at radius 3 is 1.03 bits per heavy atom. The van der Waals surface area contributed by atoms with E-state index in [4.69, 9.17) is 31.4 Å². The second kappa shape index (κ2) is 27.1. The summed E-state index contributed by atoms with van der Waals surface area (Å²) in [5, 5.41) is 12.2. The molecule has 6 nitrogen and oxygen atoms in total. The summed E-state index contributed by atoms with van der Waals surface area (Å²) in [4.78, 5) is 2.25. The van der Waals surface area contributed by atoms with Gasteiger partial charge in [-0.25, -0.2) is 0 Å². The topological polar surface area (TPSA) is 67.8 Å². The van der Waals surface area contributed by atoms with Crippen molar-refractivity contribution >= 4 is 132 Å². The summed E-state index contributed by atoms with van der Waals surface area (Å²) in [6.07, 6.45) is 0. The smallest absolute Gasteiger partial charge is 0.143 e. The van der Waals surface area contributed by atoms with Gasteiger partial charge in [-0.2, -0.15) is 0 Å². The van der Waals surface area contributed by atoms with Gasteiger partial charge in [0.25, 0.3) is 0 Å². The maximum absolute atomic E-state index is 8.40. The lowest BCUT2D eigenvalue weighted by atomic mass is 9.99. The van der Waals surface area contributed by atoms with Crippen LogP contribution in [0.15, 0.2) is 398 Å². The van der Waals surface area contributed by atoms with Gasteiger partial charge in [-0.3, -0.25) is 0 Å². The van der Waals surface area contributed by atoms with Crippen LogP contribution in [-0.2, 0) is 0 Å². The number of rotatable bonds is 11. The summed E-state index contributed by atoms with van der Waals surface area (Å²) < 4.78 is 107. The molecule has 0 bridgehead atoms. The number of halogens is 1. The highest BCUT2D eigenvalue weighted by atomic mass is 79.9. The molecule has 0 radical (unpaired) electrons. The van der Waals surface area contributed by atoms with Crippen molar-refractivity contribution in [2.24, 2.45) is 0 Å². The van der Waals surface area contributed by atoms with Crippen LogP contribution < -0.4 is 10.2 Å². The van der Waals surface area contributed by atoms with Crippen LogP contribution in [0.25, 0.3) is 155 Å². The predicted molar refractivity (Wildman–Crippen MR) is 433 cm³/mol. The molecule has 0 saturated carbocycles. The summed E-state index contributed by atoms with van der Waals surface area (Å²) in [7, 11) is 0. The van der Waals surface area contributed by atoms with Gasteiger partial charge < -0.3 is 27.9 Å². The van der Waals surface area contributed by atoms with Crippen LogP contribution in [0.2, 0.25) is 0 Å². The van der Waals surface area contributed by atoms with Gasteiger partial charge in [0.1, 0.15) is 44.7 Å². The molecule has 0 amide bonds. The fourth-order valence-corrected chi connectivity index (χ4v) is 14.3. The zero-order chi connectivity index (χ0) is 77.3. The van der Waals surface area contributed by atoms with Crippen LogP contribution in [0.4, 0.5) is 28.4 Å². The molecular formula is C96H63BrN2O4. The largest absolute Gasteiger partial charge is 0.456 e. The van der Waals surface area contributed by atoms with Crippen LogP contribution in [-0.4, -0.2) is 0 Å². The van der Waals surface area contributed by atoms with Crippen molar-refractivity contribution in [3.05, 3.63) is 380 Å². The minimum atomic E-state index is -0.400. The molecule has 4 heterocycles. The van der Waals surface area contributed by atoms with E-state index in [0.29, 0.717) is 11.1 Å². The van der Waals surface area contributed by atoms with Crippen LogP contribution >= 0.6 is 15.9 Å². The molecule has 0 unspecified atom stereocenters. The lowest BCUT2D eigenvalue weighted by molar-refractivity contribution is 0.668. The standard InChI is InChI=1S/C48H31NO2.C36H25NO.C12H7BrO/c1-2-10-32(11-3-1)33-20-22-34(23-21-33)35-24-28-37(29-25-35)49(43-16-9-19-46-47(43)42-13-5-7-18-45(42)50-46)38-30-26-36(27-31-38)39-14-8-15-41-40-12-4-6-17-44(40)51-48(39)41;1-2-7-25(8-3-1)26-13-15-27(16-14-26)28-17-21-30(22-18-28)37-31-23-19-29(20-24-31)32-10-6-11-34-33-9-4-5-12-35(33)38-36(32)34;13-9-5-3-7-11-12(9)8-4-1-2-6-10(8)14-11/h1-31H;1-24,37H;1-7H/i1D,2D,3D,10D,11D;1D,2D,3D,7D,8D;. The lowest BCUT2D eigenvalue weighted by Crippen LogP contribution is -2.10. The third-order valence-electron chi connectivity index (χ3n) is 18.7. The highest BCUT2D eigenvalue weighted by Crippen LogP contribution is 2.46. The van der Waals surface area contributed by atoms with Gasteiger partial charge in [0.15, 0.2) is 0 Å². The van der Waals surface area contributed by atoms with E-state index < -0.39 is 6.04 Å². The number of fused-ring (bicyclic) bond motifs is 12. The zero-order valence-electron chi connectivity index (χ0n) is 65.0. The lowest BCUT2D eigenvalue weighted by Gasteiger charge is -2.26. The number of benzene rings is 16. The first-order valence-corrected chi connectivity index (χ1v) is 34.5. The summed E-state index contributed by atoms with van der Waals surface area (Å²) in [6, 6.07) is 102. The number of nitrogens with one attached hydrogen (secondary N) is 1. The zero-order valence-corrected chi connectivity index (χ0v) is 56.6. The molecule has 1 N–H and O–H groups in total. The first-order chi connectivity index (χ1) is 55.1. The Bertz CT molecular complexity index is 7030. The summed E-state index contributed by atoms with van der Waals surface area (Å²) in [6.45, 7) is 0. The van der Waals surface area contributed by atoms with E-state index >= 15 is 0 Å². The minimum absolute atomic E-state index is 0.190. The second-order valence-corrected chi connectivity index (χ2v) is 25.7. The molecule has 488 valence electrons. The van der Waals surface area contributed by atoms with Crippen molar-refractivity contribution in [1.82, 2.24) is 0 Å². The molecule has 4 aromatic heterocycles. The van der Waals surface area contributed by atoms with Crippen LogP contribution in [0.5, 0.6) is 0 Å². The van der Waals surface area contributed by atoms with Crippen LogP contribution in [0.3, 0.4) is 0 Å². The Labute approximate surface area is 617 Å². The Morgan fingerprint density at radius 1 is 0.252 bits per heavy atom. The molecule has 0 aliphatic carbocycles. The monoisotopic (exact) mass is 1400 g/mol. The first kappa shape index (κ1) is 51.9. The highest BCUT2D eigenvalue weighted by molar-refractivity contribution is 9.10. The molecule has 0 fully saturated rings. The quantitative estimate of drug-likeness (QED) is 0.139. The molecule has 0 atom stereocenters. The Hall–Kier alpha value is -13.2. The molecule has 20 aromatic rings. The Morgan fingerprint density at radius 2 is 0.573 bits per heavy atom. The molecular weight excluding hydrogens is 1320 g/mol. The van der Waals surface area contributed by atoms with E-state index in [1.54, 1.807) is 12.1 Å². The molecule has 103 heavy (non-hydrogen) atoms. The van der Waals surface area contributed by atoms with Gasteiger partial charge in [-0.1, -0.05) is 295 Å². The van der Waals surface area contributed by atoms with Gasteiger partial charge in [-0.15, -0.1) is 0 Å². The number of nitrogens with zero attached hydrogens (tertiary/aromatic N) is 1. The number of para-hydroxylation sites is 6. The van der Waals surface area contributed by atoms with Crippen molar-refractivity contribution in [2.45, 2.75) is 0 Å². The molecule has 16 aromatic carbocycles. The van der Waals surface area contributed by atoms with Crippen LogP contribution in [0.1, 0.15) is 13.7 Å². The van der Waals surface area contributed by atoms with Gasteiger partial charge in [-0.05, 0) is 153 Å². The number of anilines is 5. The average Bonchev–Trinajstić information content (AvgIpc) is 1.57.